The maximum atomic E-state index is 5.58. The first-order valence-corrected chi connectivity index (χ1v) is 6.21. The fraction of sp³-hybridized carbons (Fsp3) is 0.429. The number of rotatable bonds is 3. The Balaban J connectivity index is 2.52. The number of hydrogen-bond acceptors (Lipinski definition) is 3. The normalized spacial score (nSPS) is 10.9. The largest absolute Gasteiger partial charge is 0.330 e. The van der Waals surface area contributed by atoms with E-state index in [2.05, 4.69) is 43.0 Å². The lowest BCUT2D eigenvalue weighted by molar-refractivity contribution is 0.697. The van der Waals surface area contributed by atoms with E-state index in [4.69, 9.17) is 5.73 Å². The quantitative estimate of drug-likeness (QED) is 0.897. The molecule has 1 aromatic heterocycles. The first-order chi connectivity index (χ1) is 8.52. The highest BCUT2D eigenvalue weighted by molar-refractivity contribution is 5.65. The third-order valence-corrected chi connectivity index (χ3v) is 3.12. The van der Waals surface area contributed by atoms with Gasteiger partial charge in [0.2, 0.25) is 0 Å². The summed E-state index contributed by atoms with van der Waals surface area (Å²) in [6.07, 6.45) is 0.757. The van der Waals surface area contributed by atoms with Crippen LogP contribution in [0.25, 0.3) is 11.4 Å². The lowest BCUT2D eigenvalue weighted by atomic mass is 9.99. The Morgan fingerprint density at radius 2 is 1.78 bits per heavy atom. The molecule has 0 bridgehead atoms. The second-order valence-electron chi connectivity index (χ2n) is 4.79. The second-order valence-corrected chi connectivity index (χ2v) is 4.79. The minimum atomic E-state index is 0.595. The predicted octanol–water partition coefficient (Wildman–Crippen LogP) is 1.91. The molecule has 2 rings (SSSR count). The molecule has 0 aliphatic heterocycles. The summed E-state index contributed by atoms with van der Waals surface area (Å²) in [5, 5.41) is 4.50. The van der Waals surface area contributed by atoms with Crippen LogP contribution < -0.4 is 5.73 Å². The molecule has 0 spiro atoms. The SMILES string of the molecule is Cc1cc(C)c(-c2nc(CCN)n(C)n2)c(C)c1. The molecule has 0 fully saturated rings. The standard InChI is InChI=1S/C14H20N4/c1-9-7-10(2)13(11(3)8-9)14-16-12(5-6-15)18(4)17-14/h7-8H,5-6,15H2,1-4H3. The average molecular weight is 244 g/mol. The Labute approximate surface area is 108 Å². The van der Waals surface area contributed by atoms with Crippen molar-refractivity contribution in [3.05, 3.63) is 34.6 Å². The van der Waals surface area contributed by atoms with Crippen LogP contribution >= 0.6 is 0 Å². The highest BCUT2D eigenvalue weighted by atomic mass is 15.3. The summed E-state index contributed by atoms with van der Waals surface area (Å²) in [6, 6.07) is 4.34. The third-order valence-electron chi connectivity index (χ3n) is 3.12. The van der Waals surface area contributed by atoms with Gasteiger partial charge in [0.05, 0.1) is 0 Å². The van der Waals surface area contributed by atoms with Crippen LogP contribution in [0.5, 0.6) is 0 Å². The van der Waals surface area contributed by atoms with Crippen molar-refractivity contribution in [2.75, 3.05) is 6.54 Å². The molecule has 0 radical (unpaired) electrons. The van der Waals surface area contributed by atoms with Gasteiger partial charge in [-0.2, -0.15) is 5.10 Å². The predicted molar refractivity (Wildman–Crippen MR) is 73.4 cm³/mol. The van der Waals surface area contributed by atoms with Gasteiger partial charge in [-0.3, -0.25) is 4.68 Å². The summed E-state index contributed by atoms with van der Waals surface area (Å²) in [5.74, 6) is 1.74. The van der Waals surface area contributed by atoms with Crippen molar-refractivity contribution in [2.45, 2.75) is 27.2 Å². The van der Waals surface area contributed by atoms with Gasteiger partial charge in [-0.05, 0) is 38.4 Å². The first-order valence-electron chi connectivity index (χ1n) is 6.21. The summed E-state index contributed by atoms with van der Waals surface area (Å²) in [7, 11) is 1.92. The minimum Gasteiger partial charge on any atom is -0.330 e. The monoisotopic (exact) mass is 244 g/mol. The molecule has 0 unspecified atom stereocenters. The van der Waals surface area contributed by atoms with E-state index in [1.807, 2.05) is 11.7 Å². The summed E-state index contributed by atoms with van der Waals surface area (Å²) in [5.41, 5.74) is 10.4. The third kappa shape index (κ3) is 2.29. The Bertz CT molecular complexity index is 546. The minimum absolute atomic E-state index is 0.595. The molecule has 2 aromatic rings. The number of hydrogen-bond donors (Lipinski definition) is 1. The topological polar surface area (TPSA) is 56.7 Å². The molecule has 2 N–H and O–H groups in total. The molecule has 4 nitrogen and oxygen atoms in total. The van der Waals surface area contributed by atoms with E-state index in [1.54, 1.807) is 0 Å². The molecule has 96 valence electrons. The zero-order chi connectivity index (χ0) is 13.3. The Morgan fingerprint density at radius 3 is 2.33 bits per heavy atom. The molecule has 0 atom stereocenters. The molecular formula is C14H20N4. The van der Waals surface area contributed by atoms with E-state index in [0.29, 0.717) is 6.54 Å². The number of nitrogens with two attached hydrogens (primary N) is 1. The summed E-state index contributed by atoms with van der Waals surface area (Å²) in [6.45, 7) is 6.91. The van der Waals surface area contributed by atoms with Crippen LogP contribution in [0.15, 0.2) is 12.1 Å². The lowest BCUT2D eigenvalue weighted by Crippen LogP contribution is -2.08. The molecule has 0 amide bonds. The Kier molecular flexibility index (Phi) is 3.48. The summed E-state index contributed by atoms with van der Waals surface area (Å²) in [4.78, 5) is 4.59. The van der Waals surface area contributed by atoms with Gasteiger partial charge in [-0.25, -0.2) is 4.98 Å². The highest BCUT2D eigenvalue weighted by Crippen LogP contribution is 2.25. The zero-order valence-electron chi connectivity index (χ0n) is 11.5. The van der Waals surface area contributed by atoms with Crippen LogP contribution in [0.2, 0.25) is 0 Å². The molecule has 1 heterocycles. The molecule has 0 saturated carbocycles. The van der Waals surface area contributed by atoms with Gasteiger partial charge in [0.25, 0.3) is 0 Å². The van der Waals surface area contributed by atoms with E-state index < -0.39 is 0 Å². The van der Waals surface area contributed by atoms with Gasteiger partial charge >= 0.3 is 0 Å². The van der Waals surface area contributed by atoms with Crippen molar-refractivity contribution in [3.63, 3.8) is 0 Å². The fourth-order valence-electron chi connectivity index (χ4n) is 2.40. The van der Waals surface area contributed by atoms with E-state index in [0.717, 1.165) is 23.6 Å². The second kappa shape index (κ2) is 4.90. The van der Waals surface area contributed by atoms with Crippen molar-refractivity contribution in [1.82, 2.24) is 14.8 Å². The van der Waals surface area contributed by atoms with Crippen LogP contribution in [-0.4, -0.2) is 21.3 Å². The number of aromatic nitrogens is 3. The van der Waals surface area contributed by atoms with Gasteiger partial charge in [0.15, 0.2) is 5.82 Å². The number of aryl methyl sites for hydroxylation is 4. The van der Waals surface area contributed by atoms with Crippen molar-refractivity contribution >= 4 is 0 Å². The van der Waals surface area contributed by atoms with Crippen molar-refractivity contribution in [3.8, 4) is 11.4 Å². The van der Waals surface area contributed by atoms with E-state index >= 15 is 0 Å². The molecule has 1 aromatic carbocycles. The van der Waals surface area contributed by atoms with Crippen LogP contribution in [0.3, 0.4) is 0 Å². The van der Waals surface area contributed by atoms with Gasteiger partial charge in [0, 0.05) is 19.0 Å². The number of benzene rings is 1. The molecule has 18 heavy (non-hydrogen) atoms. The van der Waals surface area contributed by atoms with Crippen molar-refractivity contribution < 1.29 is 0 Å². The highest BCUT2D eigenvalue weighted by Gasteiger charge is 2.13. The van der Waals surface area contributed by atoms with Crippen LogP contribution in [0, 0.1) is 20.8 Å². The van der Waals surface area contributed by atoms with E-state index in [9.17, 15) is 0 Å². The van der Waals surface area contributed by atoms with Gasteiger partial charge < -0.3 is 5.73 Å². The molecular weight excluding hydrogens is 224 g/mol. The van der Waals surface area contributed by atoms with E-state index in [1.165, 1.54) is 16.7 Å². The molecule has 0 aliphatic rings. The molecule has 4 heteroatoms. The van der Waals surface area contributed by atoms with Crippen molar-refractivity contribution in [1.29, 1.82) is 0 Å². The first kappa shape index (κ1) is 12.8. The Morgan fingerprint density at radius 1 is 1.17 bits per heavy atom. The smallest absolute Gasteiger partial charge is 0.181 e. The fourth-order valence-corrected chi connectivity index (χ4v) is 2.40. The zero-order valence-corrected chi connectivity index (χ0v) is 11.5. The van der Waals surface area contributed by atoms with Crippen LogP contribution in [-0.2, 0) is 13.5 Å². The van der Waals surface area contributed by atoms with Gasteiger partial charge in [0.1, 0.15) is 5.82 Å². The summed E-state index contributed by atoms with van der Waals surface area (Å²) >= 11 is 0. The molecule has 0 saturated heterocycles. The lowest BCUT2D eigenvalue weighted by Gasteiger charge is -2.07. The van der Waals surface area contributed by atoms with Crippen molar-refractivity contribution in [2.24, 2.45) is 12.8 Å². The maximum absolute atomic E-state index is 5.58. The number of nitrogens with zero attached hydrogens (tertiary/aromatic N) is 3. The van der Waals surface area contributed by atoms with Crippen LogP contribution in [0.1, 0.15) is 22.5 Å². The summed E-state index contributed by atoms with van der Waals surface area (Å²) < 4.78 is 1.82. The molecule has 0 aliphatic carbocycles. The average Bonchev–Trinajstić information content (AvgIpc) is 2.59. The van der Waals surface area contributed by atoms with Gasteiger partial charge in [-0.1, -0.05) is 17.7 Å². The van der Waals surface area contributed by atoms with Gasteiger partial charge in [-0.15, -0.1) is 0 Å². The maximum Gasteiger partial charge on any atom is 0.181 e. The van der Waals surface area contributed by atoms with Crippen LogP contribution in [0.4, 0.5) is 0 Å². The van der Waals surface area contributed by atoms with E-state index in [-0.39, 0.29) is 0 Å². The Hall–Kier alpha value is -1.68.